The lowest BCUT2D eigenvalue weighted by molar-refractivity contribution is -0.136. The van der Waals surface area contributed by atoms with Crippen molar-refractivity contribution in [2.45, 2.75) is 174 Å². The highest BCUT2D eigenvalue weighted by Crippen LogP contribution is 2.12. The third kappa shape index (κ3) is 22.2. The average Bonchev–Trinajstić information content (AvgIpc) is 3.22. The fraction of sp³-hybridized carbons (Fsp3) is 0.674. The number of rotatable bonds is 13. The number of nitrogens with one attached hydrogen (secondary N) is 9. The summed E-state index contributed by atoms with van der Waals surface area (Å²) in [5.74, 6) is -5.94. The summed E-state index contributed by atoms with van der Waals surface area (Å²) >= 11 is 0. The largest absolute Gasteiger partial charge is 0.444 e. The van der Waals surface area contributed by atoms with Gasteiger partial charge >= 0.3 is 12.2 Å². The molecule has 0 radical (unpaired) electrons. The van der Waals surface area contributed by atoms with Crippen LogP contribution in [0.5, 0.6) is 0 Å². The monoisotopic (exact) mass is 961 g/mol. The van der Waals surface area contributed by atoms with E-state index in [0.29, 0.717) is 12.0 Å². The maximum atomic E-state index is 14.4. The summed E-state index contributed by atoms with van der Waals surface area (Å²) in [6.07, 6.45) is -3.12. The number of ether oxygens (including phenoxy) is 2. The van der Waals surface area contributed by atoms with Crippen LogP contribution in [0.4, 0.5) is 9.59 Å². The van der Waals surface area contributed by atoms with Crippen LogP contribution in [0.25, 0.3) is 0 Å². The van der Waals surface area contributed by atoms with E-state index in [-0.39, 0.29) is 64.1 Å². The molecule has 68 heavy (non-hydrogen) atoms. The summed E-state index contributed by atoms with van der Waals surface area (Å²) in [6, 6.07) is -0.825. The fourth-order valence-electron chi connectivity index (χ4n) is 6.74. The average molecular weight is 961 g/mol. The van der Waals surface area contributed by atoms with Gasteiger partial charge in [-0.05, 0) is 92.1 Å². The molecular formula is C46H76N10O12. The van der Waals surface area contributed by atoms with Gasteiger partial charge in [0, 0.05) is 26.1 Å². The van der Waals surface area contributed by atoms with E-state index < -0.39 is 113 Å². The minimum atomic E-state index is -1.52. The first-order valence-electron chi connectivity index (χ1n) is 23.2. The van der Waals surface area contributed by atoms with E-state index in [9.17, 15) is 48.3 Å². The van der Waals surface area contributed by atoms with Gasteiger partial charge in [-0.1, -0.05) is 57.5 Å². The van der Waals surface area contributed by atoms with Gasteiger partial charge in [-0.2, -0.15) is 0 Å². The predicted octanol–water partition coefficient (Wildman–Crippen LogP) is 0.0417. The van der Waals surface area contributed by atoms with Crippen molar-refractivity contribution in [2.24, 2.45) is 11.7 Å². The minimum Gasteiger partial charge on any atom is -0.444 e. The Morgan fingerprint density at radius 1 is 0.647 bits per heavy atom. The van der Waals surface area contributed by atoms with Gasteiger partial charge in [-0.25, -0.2) is 9.59 Å². The number of hydrogen-bond acceptors (Lipinski definition) is 13. The molecule has 8 unspecified atom stereocenters. The van der Waals surface area contributed by atoms with Crippen LogP contribution in [0.15, 0.2) is 30.3 Å². The maximum absolute atomic E-state index is 14.4. The Labute approximate surface area is 399 Å². The van der Waals surface area contributed by atoms with Gasteiger partial charge in [0.15, 0.2) is 0 Å². The first kappa shape index (κ1) is 58.1. The first-order valence-corrected chi connectivity index (χ1v) is 23.2. The van der Waals surface area contributed by atoms with E-state index in [1.807, 2.05) is 0 Å². The number of aliphatic hydroxyl groups excluding tert-OH is 1. The van der Waals surface area contributed by atoms with Crippen molar-refractivity contribution in [1.29, 1.82) is 0 Å². The lowest BCUT2D eigenvalue weighted by atomic mass is 10.00. The minimum absolute atomic E-state index is 0.0602. The zero-order valence-electron chi connectivity index (χ0n) is 41.2. The highest BCUT2D eigenvalue weighted by atomic mass is 16.6. The topological polar surface area (TPSA) is 327 Å². The van der Waals surface area contributed by atoms with E-state index >= 15 is 0 Å². The van der Waals surface area contributed by atoms with E-state index in [0.717, 1.165) is 0 Å². The third-order valence-electron chi connectivity index (χ3n) is 10.1. The number of carbonyl (C=O) groups is 9. The van der Waals surface area contributed by atoms with Crippen LogP contribution in [0.3, 0.4) is 0 Å². The molecule has 22 heteroatoms. The van der Waals surface area contributed by atoms with Gasteiger partial charge in [0.1, 0.15) is 47.5 Å². The molecule has 1 aromatic rings. The Kier molecular flexibility index (Phi) is 23.7. The molecule has 1 aromatic carbocycles. The van der Waals surface area contributed by atoms with Crippen LogP contribution in [0, 0.1) is 5.92 Å². The van der Waals surface area contributed by atoms with Crippen LogP contribution in [-0.2, 0) is 49.5 Å². The van der Waals surface area contributed by atoms with E-state index in [1.54, 1.807) is 92.6 Å². The van der Waals surface area contributed by atoms with Crippen molar-refractivity contribution in [3.05, 3.63) is 35.9 Å². The molecule has 9 amide bonds. The smallest absolute Gasteiger partial charge is 0.407 e. The Morgan fingerprint density at radius 2 is 1.07 bits per heavy atom. The quantitative estimate of drug-likeness (QED) is 0.125. The SMILES string of the molecule is CCCC1NC(=O)C(CCNC(=O)OC(C)(C)C)NC(=O)C(CC(C)C)NC(=O)C(Cc2ccccc2)NC(=O)C(CCNC(=O)OC(C)(C)C)NC(=O)C(N)CCNC(=O)C(C(C)O)NC1=O. The standard InChI is InChI=1S/C46H76N10O12/c1-11-15-30-39(61)56-35(27(4)57)42(64)48-21-18-29(47)36(58)51-31(19-22-49-43(65)67-45(5,6)7)38(60)55-34(25-28-16-13-12-14-17-28)41(63)54-33(24-26(2)3)40(62)53-32(37(59)52-30)20-23-50-44(66)68-46(8,9)10/h12-14,16-17,26-27,29-35,57H,11,15,18-25,47H2,1-10H3,(H,48,64)(H,49,65)(H,50,66)(H,51,58)(H,52,59)(H,53,62)(H,54,63)(H,55,60)(H,56,61). The van der Waals surface area contributed by atoms with E-state index in [1.165, 1.54) is 6.92 Å². The van der Waals surface area contributed by atoms with Gasteiger partial charge in [0.2, 0.25) is 41.4 Å². The van der Waals surface area contributed by atoms with Crippen molar-refractivity contribution in [3.63, 3.8) is 0 Å². The molecule has 22 nitrogen and oxygen atoms in total. The highest BCUT2D eigenvalue weighted by molar-refractivity contribution is 5.97. The molecule has 12 N–H and O–H groups in total. The predicted molar refractivity (Wildman–Crippen MR) is 251 cm³/mol. The molecule has 2 rings (SSSR count). The van der Waals surface area contributed by atoms with Crippen molar-refractivity contribution in [3.8, 4) is 0 Å². The van der Waals surface area contributed by atoms with Gasteiger partial charge in [-0.15, -0.1) is 0 Å². The highest BCUT2D eigenvalue weighted by Gasteiger charge is 2.35. The number of hydrogen-bond donors (Lipinski definition) is 11. The lowest BCUT2D eigenvalue weighted by Gasteiger charge is -2.28. The summed E-state index contributed by atoms with van der Waals surface area (Å²) in [5.41, 5.74) is 5.18. The number of aliphatic hydroxyl groups is 1. The van der Waals surface area contributed by atoms with E-state index in [2.05, 4.69) is 47.9 Å². The number of alkyl carbamates (subject to hydrolysis) is 2. The second-order valence-electron chi connectivity index (χ2n) is 19.3. The third-order valence-corrected chi connectivity index (χ3v) is 10.1. The van der Waals surface area contributed by atoms with Gasteiger partial charge < -0.3 is 68.2 Å². The fourth-order valence-corrected chi connectivity index (χ4v) is 6.74. The first-order chi connectivity index (χ1) is 31.7. The molecule has 0 saturated carbocycles. The Hall–Kier alpha value is -6.03. The van der Waals surface area contributed by atoms with Crippen LogP contribution in [-0.4, -0.2) is 138 Å². The van der Waals surface area contributed by atoms with Gasteiger partial charge in [-0.3, -0.25) is 33.6 Å². The molecule has 8 atom stereocenters. The molecule has 382 valence electrons. The molecule has 1 aliphatic rings. The van der Waals surface area contributed by atoms with Crippen molar-refractivity contribution < 1.29 is 57.7 Å². The van der Waals surface area contributed by atoms with Crippen molar-refractivity contribution in [2.75, 3.05) is 19.6 Å². The van der Waals surface area contributed by atoms with Crippen LogP contribution in [0.2, 0.25) is 0 Å². The zero-order valence-corrected chi connectivity index (χ0v) is 41.2. The lowest BCUT2D eigenvalue weighted by Crippen LogP contribution is -2.61. The molecule has 1 fully saturated rings. The Morgan fingerprint density at radius 3 is 1.54 bits per heavy atom. The summed E-state index contributed by atoms with van der Waals surface area (Å²) < 4.78 is 10.6. The molecule has 0 spiro atoms. The van der Waals surface area contributed by atoms with Gasteiger partial charge in [0.25, 0.3) is 0 Å². The molecule has 0 bridgehead atoms. The Bertz CT molecular complexity index is 1870. The van der Waals surface area contributed by atoms with E-state index in [4.69, 9.17) is 15.2 Å². The maximum Gasteiger partial charge on any atom is 0.407 e. The number of nitrogens with two attached hydrogens (primary N) is 1. The normalized spacial score (nSPS) is 23.8. The summed E-state index contributed by atoms with van der Waals surface area (Å²) in [5, 5.41) is 34.0. The summed E-state index contributed by atoms with van der Waals surface area (Å²) in [4.78, 5) is 123. The second kappa shape index (κ2) is 27.7. The molecule has 1 aliphatic heterocycles. The van der Waals surface area contributed by atoms with Gasteiger partial charge in [0.05, 0.1) is 12.1 Å². The summed E-state index contributed by atoms with van der Waals surface area (Å²) in [7, 11) is 0. The molecule has 0 aliphatic carbocycles. The van der Waals surface area contributed by atoms with Crippen molar-refractivity contribution in [1.82, 2.24) is 47.9 Å². The second-order valence-corrected chi connectivity index (χ2v) is 19.3. The van der Waals surface area contributed by atoms with Crippen LogP contribution >= 0.6 is 0 Å². The summed E-state index contributed by atoms with van der Waals surface area (Å²) in [6.45, 7) is 16.1. The number of benzene rings is 1. The zero-order chi connectivity index (χ0) is 51.4. The number of carbonyl (C=O) groups excluding carboxylic acids is 9. The van der Waals surface area contributed by atoms with Crippen LogP contribution < -0.4 is 53.6 Å². The van der Waals surface area contributed by atoms with Crippen LogP contribution in [0.1, 0.15) is 113 Å². The molecular weight excluding hydrogens is 885 g/mol. The Balaban J connectivity index is 2.68. The molecule has 1 saturated heterocycles. The number of amides is 9. The van der Waals surface area contributed by atoms with Crippen molar-refractivity contribution >= 4 is 53.5 Å². The molecule has 0 aromatic heterocycles. The molecule has 1 heterocycles.